The molecular weight excluding hydrogens is 250 g/mol. The molecular formula is C12H19N3O2S. The van der Waals surface area contributed by atoms with Gasteiger partial charge in [-0.25, -0.2) is 13.6 Å². The number of nitrogens with two attached hydrogens (primary N) is 2. The SMILES string of the molecule is Cc1c(N2CCC(C)C2)cc(N)cc1S(N)(=O)=O. The van der Waals surface area contributed by atoms with Gasteiger partial charge in [-0.05, 0) is 37.0 Å². The Bertz CT molecular complexity index is 569. The smallest absolute Gasteiger partial charge is 0.238 e. The molecule has 100 valence electrons. The van der Waals surface area contributed by atoms with E-state index in [-0.39, 0.29) is 4.90 Å². The number of rotatable bonds is 2. The van der Waals surface area contributed by atoms with Gasteiger partial charge in [-0.3, -0.25) is 0 Å². The van der Waals surface area contributed by atoms with Crippen LogP contribution in [0.25, 0.3) is 0 Å². The van der Waals surface area contributed by atoms with Gasteiger partial charge in [0.15, 0.2) is 0 Å². The van der Waals surface area contributed by atoms with Gasteiger partial charge in [-0.15, -0.1) is 0 Å². The maximum Gasteiger partial charge on any atom is 0.238 e. The van der Waals surface area contributed by atoms with E-state index in [4.69, 9.17) is 10.9 Å². The van der Waals surface area contributed by atoms with Crippen molar-refractivity contribution in [3.05, 3.63) is 17.7 Å². The molecule has 1 atom stereocenters. The first-order valence-electron chi connectivity index (χ1n) is 5.97. The van der Waals surface area contributed by atoms with Crippen molar-refractivity contribution in [2.75, 3.05) is 23.7 Å². The first kappa shape index (κ1) is 13.2. The lowest BCUT2D eigenvalue weighted by atomic mass is 10.1. The Balaban J connectivity index is 2.52. The number of anilines is 2. The van der Waals surface area contributed by atoms with Crippen LogP contribution < -0.4 is 15.8 Å². The summed E-state index contributed by atoms with van der Waals surface area (Å²) in [5, 5.41) is 5.22. The van der Waals surface area contributed by atoms with Gasteiger partial charge >= 0.3 is 0 Å². The van der Waals surface area contributed by atoms with E-state index in [9.17, 15) is 8.42 Å². The Morgan fingerprint density at radius 2 is 2.06 bits per heavy atom. The maximum atomic E-state index is 11.5. The van der Waals surface area contributed by atoms with Crippen LogP contribution in [0.4, 0.5) is 11.4 Å². The molecule has 0 bridgehead atoms. The zero-order valence-electron chi connectivity index (χ0n) is 10.7. The van der Waals surface area contributed by atoms with Crippen molar-refractivity contribution in [2.24, 2.45) is 11.1 Å². The van der Waals surface area contributed by atoms with Crippen LogP contribution in [0.5, 0.6) is 0 Å². The number of nitrogens with zero attached hydrogens (tertiary/aromatic N) is 1. The molecule has 1 aromatic carbocycles. The fraction of sp³-hybridized carbons (Fsp3) is 0.500. The van der Waals surface area contributed by atoms with Gasteiger partial charge in [0.25, 0.3) is 0 Å². The average Bonchev–Trinajstić information content (AvgIpc) is 2.66. The van der Waals surface area contributed by atoms with Crippen LogP contribution in [-0.2, 0) is 10.0 Å². The van der Waals surface area contributed by atoms with Crippen molar-refractivity contribution in [3.63, 3.8) is 0 Å². The van der Waals surface area contributed by atoms with Gasteiger partial charge in [0, 0.05) is 24.5 Å². The number of nitrogen functional groups attached to an aromatic ring is 1. The molecule has 1 aromatic rings. The Morgan fingerprint density at radius 1 is 1.39 bits per heavy atom. The summed E-state index contributed by atoms with van der Waals surface area (Å²) in [6.07, 6.45) is 1.11. The molecule has 0 spiro atoms. The highest BCUT2D eigenvalue weighted by molar-refractivity contribution is 7.89. The van der Waals surface area contributed by atoms with Gasteiger partial charge in [0.05, 0.1) is 4.90 Å². The molecule has 0 saturated carbocycles. The molecule has 1 saturated heterocycles. The fourth-order valence-electron chi connectivity index (χ4n) is 2.47. The zero-order valence-corrected chi connectivity index (χ0v) is 11.5. The van der Waals surface area contributed by atoms with E-state index in [2.05, 4.69) is 11.8 Å². The van der Waals surface area contributed by atoms with E-state index < -0.39 is 10.0 Å². The summed E-state index contributed by atoms with van der Waals surface area (Å²) >= 11 is 0. The average molecular weight is 269 g/mol. The number of hydrogen-bond donors (Lipinski definition) is 2. The third-order valence-corrected chi connectivity index (χ3v) is 4.46. The van der Waals surface area contributed by atoms with Crippen LogP contribution in [0.3, 0.4) is 0 Å². The lowest BCUT2D eigenvalue weighted by molar-refractivity contribution is 0.597. The molecule has 0 amide bonds. The van der Waals surface area contributed by atoms with E-state index in [0.29, 0.717) is 17.2 Å². The molecule has 1 aliphatic rings. The van der Waals surface area contributed by atoms with Crippen molar-refractivity contribution >= 4 is 21.4 Å². The third-order valence-electron chi connectivity index (χ3n) is 3.43. The van der Waals surface area contributed by atoms with Crippen LogP contribution in [0.1, 0.15) is 18.9 Å². The molecule has 1 heterocycles. The molecule has 5 nitrogen and oxygen atoms in total. The Kier molecular flexibility index (Phi) is 3.25. The van der Waals surface area contributed by atoms with E-state index in [0.717, 1.165) is 25.2 Å². The molecule has 1 aliphatic heterocycles. The highest BCUT2D eigenvalue weighted by atomic mass is 32.2. The minimum atomic E-state index is -3.73. The summed E-state index contributed by atoms with van der Waals surface area (Å²) in [6.45, 7) is 5.81. The van der Waals surface area contributed by atoms with Crippen LogP contribution >= 0.6 is 0 Å². The fourth-order valence-corrected chi connectivity index (χ4v) is 3.30. The topological polar surface area (TPSA) is 89.4 Å². The molecule has 4 N–H and O–H groups in total. The van der Waals surface area contributed by atoms with Gasteiger partial charge in [-0.1, -0.05) is 6.92 Å². The zero-order chi connectivity index (χ0) is 13.5. The number of benzene rings is 1. The second-order valence-electron chi connectivity index (χ2n) is 5.05. The highest BCUT2D eigenvalue weighted by Crippen LogP contribution is 2.32. The molecule has 1 fully saturated rings. The standard InChI is InChI=1S/C12H19N3O2S/c1-8-3-4-15(7-8)11-5-10(13)6-12(9(11)2)18(14,16)17/h5-6,8H,3-4,7,13H2,1-2H3,(H2,14,16,17). The van der Waals surface area contributed by atoms with Gasteiger partial charge in [0.2, 0.25) is 10.0 Å². The predicted molar refractivity (Wildman–Crippen MR) is 73.0 cm³/mol. The van der Waals surface area contributed by atoms with Crippen molar-refractivity contribution in [1.29, 1.82) is 0 Å². The Labute approximate surface area is 108 Å². The van der Waals surface area contributed by atoms with Crippen LogP contribution in [0, 0.1) is 12.8 Å². The molecule has 0 aliphatic carbocycles. The largest absolute Gasteiger partial charge is 0.399 e. The minimum absolute atomic E-state index is 0.122. The van der Waals surface area contributed by atoms with Crippen LogP contribution in [-0.4, -0.2) is 21.5 Å². The first-order chi connectivity index (χ1) is 8.29. The number of hydrogen-bond acceptors (Lipinski definition) is 4. The summed E-state index contributed by atoms with van der Waals surface area (Å²) in [5.74, 6) is 0.615. The minimum Gasteiger partial charge on any atom is -0.399 e. The Morgan fingerprint density at radius 3 is 2.56 bits per heavy atom. The van der Waals surface area contributed by atoms with Crippen molar-refractivity contribution < 1.29 is 8.42 Å². The van der Waals surface area contributed by atoms with Crippen molar-refractivity contribution in [3.8, 4) is 0 Å². The van der Waals surface area contributed by atoms with E-state index >= 15 is 0 Å². The third kappa shape index (κ3) is 2.44. The summed E-state index contributed by atoms with van der Waals surface area (Å²) in [4.78, 5) is 2.29. The summed E-state index contributed by atoms with van der Waals surface area (Å²) in [6, 6.07) is 3.25. The summed E-state index contributed by atoms with van der Waals surface area (Å²) < 4.78 is 23.1. The van der Waals surface area contributed by atoms with Gasteiger partial charge in [-0.2, -0.15) is 0 Å². The van der Waals surface area contributed by atoms with E-state index in [1.165, 1.54) is 6.07 Å². The number of sulfonamides is 1. The molecule has 0 aromatic heterocycles. The van der Waals surface area contributed by atoms with E-state index in [1.54, 1.807) is 6.92 Å². The molecule has 18 heavy (non-hydrogen) atoms. The lowest BCUT2D eigenvalue weighted by Gasteiger charge is -2.22. The van der Waals surface area contributed by atoms with Crippen molar-refractivity contribution in [2.45, 2.75) is 25.2 Å². The highest BCUT2D eigenvalue weighted by Gasteiger charge is 2.23. The summed E-state index contributed by atoms with van der Waals surface area (Å²) in [7, 11) is -3.73. The molecule has 1 unspecified atom stereocenters. The summed E-state index contributed by atoms with van der Waals surface area (Å²) in [5.41, 5.74) is 7.77. The molecule has 6 heteroatoms. The maximum absolute atomic E-state index is 11.5. The van der Waals surface area contributed by atoms with Crippen molar-refractivity contribution in [1.82, 2.24) is 0 Å². The molecule has 0 radical (unpaired) electrons. The second kappa shape index (κ2) is 4.44. The van der Waals surface area contributed by atoms with Gasteiger partial charge in [0.1, 0.15) is 0 Å². The second-order valence-corrected chi connectivity index (χ2v) is 6.58. The lowest BCUT2D eigenvalue weighted by Crippen LogP contribution is -2.22. The quantitative estimate of drug-likeness (QED) is 0.786. The van der Waals surface area contributed by atoms with Gasteiger partial charge < -0.3 is 10.6 Å². The first-order valence-corrected chi connectivity index (χ1v) is 7.51. The predicted octanol–water partition coefficient (Wildman–Crippen LogP) is 1.07. The van der Waals surface area contributed by atoms with Crippen LogP contribution in [0.2, 0.25) is 0 Å². The monoisotopic (exact) mass is 269 g/mol. The number of primary sulfonamides is 1. The Hall–Kier alpha value is -1.27. The normalized spacial score (nSPS) is 20.4. The van der Waals surface area contributed by atoms with E-state index in [1.807, 2.05) is 6.07 Å². The molecule has 2 rings (SSSR count). The van der Waals surface area contributed by atoms with Crippen LogP contribution in [0.15, 0.2) is 17.0 Å².